The van der Waals surface area contributed by atoms with E-state index in [-0.39, 0.29) is 36.6 Å². The number of benzene rings is 1. The maximum absolute atomic E-state index is 12.3. The van der Waals surface area contributed by atoms with Gasteiger partial charge >= 0.3 is 0 Å². The van der Waals surface area contributed by atoms with Gasteiger partial charge in [-0.05, 0) is 43.4 Å². The molecule has 0 atom stereocenters. The molecule has 6 nitrogen and oxygen atoms in total. The second kappa shape index (κ2) is 12.3. The van der Waals surface area contributed by atoms with E-state index in [9.17, 15) is 9.59 Å². The van der Waals surface area contributed by atoms with Gasteiger partial charge in [0.15, 0.2) is 0 Å². The van der Waals surface area contributed by atoms with Crippen molar-refractivity contribution < 1.29 is 9.59 Å². The van der Waals surface area contributed by atoms with Crippen molar-refractivity contribution in [2.24, 2.45) is 5.92 Å². The Bertz CT molecular complexity index is 632. The fourth-order valence-electron chi connectivity index (χ4n) is 3.32. The van der Waals surface area contributed by atoms with Crippen LogP contribution in [-0.4, -0.2) is 67.4 Å². The summed E-state index contributed by atoms with van der Waals surface area (Å²) in [5.41, 5.74) is 2.05. The van der Waals surface area contributed by atoms with Gasteiger partial charge in [-0.1, -0.05) is 25.1 Å². The van der Waals surface area contributed by atoms with Gasteiger partial charge in [0.1, 0.15) is 0 Å². The van der Waals surface area contributed by atoms with Gasteiger partial charge in [0.05, 0.1) is 13.1 Å². The van der Waals surface area contributed by atoms with Crippen molar-refractivity contribution in [1.29, 1.82) is 0 Å². The smallest absolute Gasteiger partial charge is 0.238 e. The average Bonchev–Trinajstić information content (AvgIpc) is 3.47. The highest BCUT2D eigenvalue weighted by molar-refractivity contribution is 5.93. The number of para-hydroxylation sites is 1. The van der Waals surface area contributed by atoms with Crippen molar-refractivity contribution in [3.63, 3.8) is 0 Å². The van der Waals surface area contributed by atoms with Gasteiger partial charge in [-0.2, -0.15) is 0 Å². The van der Waals surface area contributed by atoms with Crippen LogP contribution in [0.25, 0.3) is 0 Å². The lowest BCUT2D eigenvalue weighted by molar-refractivity contribution is -0.132. The first-order chi connectivity index (χ1) is 12.7. The molecule has 2 amide bonds. The topological polar surface area (TPSA) is 64.7 Å². The number of nitrogens with one attached hydrogen (secondary N) is 2. The Hall–Kier alpha value is -1.34. The number of nitrogens with zero attached hydrogens (tertiary/aromatic N) is 2. The first-order valence-electron chi connectivity index (χ1n) is 9.74. The highest BCUT2D eigenvalue weighted by Crippen LogP contribution is 2.27. The van der Waals surface area contributed by atoms with Crippen LogP contribution in [0.4, 0.5) is 5.69 Å². The second-order valence-electron chi connectivity index (χ2n) is 7.29. The Balaban J connectivity index is 0.00000196. The number of halogens is 2. The minimum Gasteiger partial charge on any atom is -0.339 e. The summed E-state index contributed by atoms with van der Waals surface area (Å²) >= 11 is 0. The summed E-state index contributed by atoms with van der Waals surface area (Å²) < 4.78 is 0. The van der Waals surface area contributed by atoms with Crippen molar-refractivity contribution in [3.05, 3.63) is 29.8 Å². The zero-order valence-electron chi connectivity index (χ0n) is 16.5. The Labute approximate surface area is 180 Å². The summed E-state index contributed by atoms with van der Waals surface area (Å²) in [5.74, 6) is 0.972. The number of rotatable bonds is 8. The summed E-state index contributed by atoms with van der Waals surface area (Å²) in [6.07, 6.45) is 3.49. The van der Waals surface area contributed by atoms with Crippen LogP contribution in [0.5, 0.6) is 0 Å². The third-order valence-corrected chi connectivity index (χ3v) is 5.17. The molecule has 0 unspecified atom stereocenters. The minimum absolute atomic E-state index is 0. The van der Waals surface area contributed by atoms with E-state index in [0.29, 0.717) is 26.2 Å². The molecule has 158 valence electrons. The number of amides is 2. The van der Waals surface area contributed by atoms with E-state index in [2.05, 4.69) is 22.5 Å². The standard InChI is InChI=1S/C20H30N4O2.2ClH/c1-2-17-5-3-4-6-18(17)22-19(25)15-23-9-11-24(12-10-23)20(26)14-21-13-16-7-8-16;;/h3-6,16,21H,2,7-15H2,1H3,(H,22,25);2*1H. The molecular formula is C20H32Cl2N4O2. The van der Waals surface area contributed by atoms with Gasteiger partial charge in [0, 0.05) is 31.9 Å². The third kappa shape index (κ3) is 7.59. The van der Waals surface area contributed by atoms with E-state index < -0.39 is 0 Å². The zero-order chi connectivity index (χ0) is 18.4. The number of hydrogen-bond donors (Lipinski definition) is 2. The second-order valence-corrected chi connectivity index (χ2v) is 7.29. The lowest BCUT2D eigenvalue weighted by Crippen LogP contribution is -2.52. The molecule has 1 aromatic rings. The average molecular weight is 431 g/mol. The van der Waals surface area contributed by atoms with Crippen LogP contribution in [0.1, 0.15) is 25.3 Å². The Kier molecular flexibility index (Phi) is 10.8. The Morgan fingerprint density at radius 3 is 2.39 bits per heavy atom. The SMILES string of the molecule is CCc1ccccc1NC(=O)CN1CCN(C(=O)CNCC2CC2)CC1.Cl.Cl. The molecule has 1 saturated heterocycles. The Morgan fingerprint density at radius 2 is 1.75 bits per heavy atom. The number of hydrogen-bond acceptors (Lipinski definition) is 4. The number of piperazine rings is 1. The van der Waals surface area contributed by atoms with Gasteiger partial charge in [-0.15, -0.1) is 24.8 Å². The molecule has 0 spiro atoms. The fourth-order valence-corrected chi connectivity index (χ4v) is 3.32. The fraction of sp³-hybridized carbons (Fsp3) is 0.600. The first-order valence-corrected chi connectivity index (χ1v) is 9.74. The molecule has 0 radical (unpaired) electrons. The minimum atomic E-state index is 0. The van der Waals surface area contributed by atoms with E-state index in [1.54, 1.807) is 0 Å². The molecule has 3 rings (SSSR count). The van der Waals surface area contributed by atoms with Crippen LogP contribution < -0.4 is 10.6 Å². The molecule has 0 aromatic heterocycles. The number of aryl methyl sites for hydroxylation is 1. The van der Waals surface area contributed by atoms with Gasteiger partial charge in [-0.3, -0.25) is 14.5 Å². The molecule has 2 N–H and O–H groups in total. The van der Waals surface area contributed by atoms with Gasteiger partial charge < -0.3 is 15.5 Å². The van der Waals surface area contributed by atoms with Crippen LogP contribution in [0, 0.1) is 5.92 Å². The molecule has 1 aliphatic carbocycles. The van der Waals surface area contributed by atoms with Crippen molar-refractivity contribution in [1.82, 2.24) is 15.1 Å². The molecule has 1 aliphatic heterocycles. The molecule has 2 fully saturated rings. The maximum atomic E-state index is 12.3. The zero-order valence-corrected chi connectivity index (χ0v) is 18.1. The van der Waals surface area contributed by atoms with Crippen molar-refractivity contribution in [2.45, 2.75) is 26.2 Å². The van der Waals surface area contributed by atoms with E-state index >= 15 is 0 Å². The predicted octanol–water partition coefficient (Wildman–Crippen LogP) is 2.17. The number of carbonyl (C=O) groups is 2. The predicted molar refractivity (Wildman–Crippen MR) is 118 cm³/mol. The maximum Gasteiger partial charge on any atom is 0.238 e. The van der Waals surface area contributed by atoms with Crippen molar-refractivity contribution >= 4 is 42.3 Å². The summed E-state index contributed by atoms with van der Waals surface area (Å²) in [4.78, 5) is 28.6. The van der Waals surface area contributed by atoms with Crippen molar-refractivity contribution in [2.75, 3.05) is 51.1 Å². The molecule has 28 heavy (non-hydrogen) atoms. The molecule has 0 bridgehead atoms. The molecule has 8 heteroatoms. The molecule has 2 aliphatic rings. The van der Waals surface area contributed by atoms with E-state index in [4.69, 9.17) is 0 Å². The molecule has 1 aromatic carbocycles. The van der Waals surface area contributed by atoms with Crippen LogP contribution in [-0.2, 0) is 16.0 Å². The largest absolute Gasteiger partial charge is 0.339 e. The highest BCUT2D eigenvalue weighted by atomic mass is 35.5. The van der Waals surface area contributed by atoms with Crippen LogP contribution in [0.2, 0.25) is 0 Å². The summed E-state index contributed by atoms with van der Waals surface area (Å²) in [7, 11) is 0. The summed E-state index contributed by atoms with van der Waals surface area (Å²) in [5, 5.41) is 6.27. The normalized spacial score (nSPS) is 16.7. The van der Waals surface area contributed by atoms with Gasteiger partial charge in [0.25, 0.3) is 0 Å². The van der Waals surface area contributed by atoms with Crippen LogP contribution in [0.3, 0.4) is 0 Å². The monoisotopic (exact) mass is 430 g/mol. The molecular weight excluding hydrogens is 399 g/mol. The van der Waals surface area contributed by atoms with E-state index in [1.807, 2.05) is 29.2 Å². The van der Waals surface area contributed by atoms with Gasteiger partial charge in [-0.25, -0.2) is 0 Å². The van der Waals surface area contributed by atoms with E-state index in [0.717, 1.165) is 43.2 Å². The summed E-state index contributed by atoms with van der Waals surface area (Å²) in [6.45, 7) is 6.75. The quantitative estimate of drug-likeness (QED) is 0.663. The summed E-state index contributed by atoms with van der Waals surface area (Å²) in [6, 6.07) is 7.92. The number of carbonyl (C=O) groups excluding carboxylic acids is 2. The van der Waals surface area contributed by atoms with Crippen LogP contribution >= 0.6 is 24.8 Å². The third-order valence-electron chi connectivity index (χ3n) is 5.17. The Morgan fingerprint density at radius 1 is 1.07 bits per heavy atom. The molecule has 1 saturated carbocycles. The van der Waals surface area contributed by atoms with E-state index in [1.165, 1.54) is 12.8 Å². The lowest BCUT2D eigenvalue weighted by Gasteiger charge is -2.34. The van der Waals surface area contributed by atoms with Gasteiger partial charge in [0.2, 0.25) is 11.8 Å². The molecule has 1 heterocycles. The first kappa shape index (κ1) is 24.7. The highest BCUT2D eigenvalue weighted by Gasteiger charge is 2.24. The number of anilines is 1. The van der Waals surface area contributed by atoms with Crippen molar-refractivity contribution in [3.8, 4) is 0 Å². The van der Waals surface area contributed by atoms with Crippen LogP contribution in [0.15, 0.2) is 24.3 Å². The lowest BCUT2D eigenvalue weighted by atomic mass is 10.1.